The van der Waals surface area contributed by atoms with E-state index in [0.29, 0.717) is 22.8 Å². The Morgan fingerprint density at radius 1 is 1.32 bits per heavy atom. The molecule has 1 aliphatic rings. The highest BCUT2D eigenvalue weighted by molar-refractivity contribution is 6.02. The molecule has 0 amide bonds. The van der Waals surface area contributed by atoms with E-state index in [2.05, 4.69) is 6.58 Å². The van der Waals surface area contributed by atoms with Crippen molar-refractivity contribution in [3.63, 3.8) is 0 Å². The van der Waals surface area contributed by atoms with Crippen molar-refractivity contribution in [3.05, 3.63) is 48.2 Å². The number of benzene rings is 2. The first-order valence-electron chi connectivity index (χ1n) is 5.83. The summed E-state index contributed by atoms with van der Waals surface area (Å²) >= 11 is 0. The van der Waals surface area contributed by atoms with E-state index in [1.807, 2.05) is 24.3 Å². The number of hydrogen-bond acceptors (Lipinski definition) is 4. The van der Waals surface area contributed by atoms with Crippen molar-refractivity contribution in [1.82, 2.24) is 0 Å². The summed E-state index contributed by atoms with van der Waals surface area (Å²) in [6.07, 6.45) is 0. The highest BCUT2D eigenvalue weighted by atomic mass is 16.6. The Hall–Kier alpha value is -2.49. The quantitative estimate of drug-likeness (QED) is 0.736. The minimum absolute atomic E-state index is 0.231. The minimum Gasteiger partial charge on any atom is -0.481 e. The molecule has 1 heterocycles. The van der Waals surface area contributed by atoms with Crippen LogP contribution in [0.5, 0.6) is 11.5 Å². The summed E-state index contributed by atoms with van der Waals surface area (Å²) in [7, 11) is 1.34. The lowest BCUT2D eigenvalue weighted by atomic mass is 10.0. The monoisotopic (exact) mass is 256 g/mol. The average Bonchev–Trinajstić information content (AvgIpc) is 2.45. The molecule has 0 fully saturated rings. The van der Waals surface area contributed by atoms with Crippen molar-refractivity contribution >= 4 is 16.7 Å². The first kappa shape index (κ1) is 11.6. The van der Waals surface area contributed by atoms with Gasteiger partial charge in [0.2, 0.25) is 0 Å². The number of hydrogen-bond donors (Lipinski definition) is 0. The Kier molecular flexibility index (Phi) is 2.63. The van der Waals surface area contributed by atoms with Gasteiger partial charge in [-0.25, -0.2) is 4.79 Å². The van der Waals surface area contributed by atoms with Crippen LogP contribution in [0.25, 0.3) is 10.8 Å². The third kappa shape index (κ3) is 1.81. The second-order valence-corrected chi connectivity index (χ2v) is 4.22. The molecule has 0 spiro atoms. The van der Waals surface area contributed by atoms with Crippen LogP contribution in [0.2, 0.25) is 0 Å². The number of rotatable bonds is 1. The standard InChI is InChI=1S/C15H12O4/c1-9-8-18-13-12(15(16)17-2)7-10-5-3-4-6-11(10)14(13)19-9/h3-7H,1,8H2,2H3. The SMILES string of the molecule is C=C1COc2c(C(=O)OC)cc3ccccc3c2O1. The van der Waals surface area contributed by atoms with Crippen molar-refractivity contribution in [1.29, 1.82) is 0 Å². The predicted molar refractivity (Wildman–Crippen MR) is 70.6 cm³/mol. The zero-order chi connectivity index (χ0) is 13.4. The van der Waals surface area contributed by atoms with Gasteiger partial charge in [-0.3, -0.25) is 0 Å². The summed E-state index contributed by atoms with van der Waals surface area (Å²) in [6.45, 7) is 3.98. The van der Waals surface area contributed by atoms with E-state index in [4.69, 9.17) is 14.2 Å². The van der Waals surface area contributed by atoms with Gasteiger partial charge >= 0.3 is 5.97 Å². The van der Waals surface area contributed by atoms with Gasteiger partial charge in [-0.1, -0.05) is 30.8 Å². The molecule has 0 N–H and O–H groups in total. The third-order valence-electron chi connectivity index (χ3n) is 2.99. The molecule has 2 aromatic rings. The van der Waals surface area contributed by atoms with E-state index in [-0.39, 0.29) is 6.61 Å². The molecule has 0 saturated heterocycles. The largest absolute Gasteiger partial charge is 0.481 e. The van der Waals surface area contributed by atoms with Gasteiger partial charge in [0.1, 0.15) is 17.9 Å². The van der Waals surface area contributed by atoms with Crippen LogP contribution in [0.3, 0.4) is 0 Å². The maximum absolute atomic E-state index is 11.8. The van der Waals surface area contributed by atoms with Gasteiger partial charge in [0.25, 0.3) is 0 Å². The Balaban J connectivity index is 2.33. The number of carbonyl (C=O) groups is 1. The number of carbonyl (C=O) groups excluding carboxylic acids is 1. The minimum atomic E-state index is -0.446. The fourth-order valence-electron chi connectivity index (χ4n) is 2.13. The molecule has 4 heteroatoms. The number of fused-ring (bicyclic) bond motifs is 3. The fourth-order valence-corrected chi connectivity index (χ4v) is 2.13. The molecule has 0 unspecified atom stereocenters. The lowest BCUT2D eigenvalue weighted by Gasteiger charge is -2.23. The maximum atomic E-state index is 11.8. The van der Waals surface area contributed by atoms with Crippen molar-refractivity contribution in [2.24, 2.45) is 0 Å². The van der Waals surface area contributed by atoms with E-state index in [0.717, 1.165) is 10.8 Å². The molecule has 3 rings (SSSR count). The highest BCUT2D eigenvalue weighted by Gasteiger charge is 2.25. The highest BCUT2D eigenvalue weighted by Crippen LogP contribution is 2.42. The van der Waals surface area contributed by atoms with Crippen LogP contribution in [-0.4, -0.2) is 19.7 Å². The maximum Gasteiger partial charge on any atom is 0.341 e. The summed E-state index contributed by atoms with van der Waals surface area (Å²) in [4.78, 5) is 11.8. The molecule has 4 nitrogen and oxygen atoms in total. The second kappa shape index (κ2) is 4.31. The van der Waals surface area contributed by atoms with Crippen LogP contribution in [0.15, 0.2) is 42.7 Å². The molecule has 96 valence electrons. The zero-order valence-electron chi connectivity index (χ0n) is 10.4. The van der Waals surface area contributed by atoms with Crippen LogP contribution in [0.4, 0.5) is 0 Å². The number of esters is 1. The molecule has 0 radical (unpaired) electrons. The van der Waals surface area contributed by atoms with Crippen LogP contribution >= 0.6 is 0 Å². The number of methoxy groups -OCH3 is 1. The van der Waals surface area contributed by atoms with Crippen molar-refractivity contribution < 1.29 is 19.0 Å². The van der Waals surface area contributed by atoms with Crippen LogP contribution in [0, 0.1) is 0 Å². The van der Waals surface area contributed by atoms with Crippen molar-refractivity contribution in [2.45, 2.75) is 0 Å². The second-order valence-electron chi connectivity index (χ2n) is 4.22. The lowest BCUT2D eigenvalue weighted by molar-refractivity contribution is 0.0594. The van der Waals surface area contributed by atoms with Crippen LogP contribution in [0.1, 0.15) is 10.4 Å². The summed E-state index contributed by atoms with van der Waals surface area (Å²) in [5.74, 6) is 1.01. The first-order valence-corrected chi connectivity index (χ1v) is 5.83. The van der Waals surface area contributed by atoms with Gasteiger partial charge in [-0.15, -0.1) is 0 Å². The molecule has 0 saturated carbocycles. The van der Waals surface area contributed by atoms with Gasteiger partial charge in [-0.05, 0) is 11.5 Å². The van der Waals surface area contributed by atoms with Gasteiger partial charge in [-0.2, -0.15) is 0 Å². The average molecular weight is 256 g/mol. The Morgan fingerprint density at radius 2 is 2.11 bits per heavy atom. The third-order valence-corrected chi connectivity index (χ3v) is 2.99. The van der Waals surface area contributed by atoms with E-state index < -0.39 is 5.97 Å². The molecular weight excluding hydrogens is 244 g/mol. The Morgan fingerprint density at radius 3 is 2.89 bits per heavy atom. The molecule has 2 aromatic carbocycles. The normalized spacial score (nSPS) is 13.4. The molecule has 0 atom stereocenters. The van der Waals surface area contributed by atoms with E-state index in [9.17, 15) is 4.79 Å². The van der Waals surface area contributed by atoms with Gasteiger partial charge < -0.3 is 14.2 Å². The Labute approximate surface area is 110 Å². The van der Waals surface area contributed by atoms with Crippen molar-refractivity contribution in [3.8, 4) is 11.5 Å². The van der Waals surface area contributed by atoms with Crippen molar-refractivity contribution in [2.75, 3.05) is 13.7 Å². The molecule has 0 aliphatic carbocycles. The van der Waals surface area contributed by atoms with Gasteiger partial charge in [0.05, 0.1) is 7.11 Å². The van der Waals surface area contributed by atoms with Gasteiger partial charge in [0.15, 0.2) is 11.5 Å². The summed E-state index contributed by atoms with van der Waals surface area (Å²) in [5.41, 5.74) is 0.365. The van der Waals surface area contributed by atoms with Gasteiger partial charge in [0, 0.05) is 5.39 Å². The van der Waals surface area contributed by atoms with E-state index in [1.54, 1.807) is 6.07 Å². The smallest absolute Gasteiger partial charge is 0.341 e. The first-order chi connectivity index (χ1) is 9.20. The lowest BCUT2D eigenvalue weighted by Crippen LogP contribution is -2.16. The number of ether oxygens (including phenoxy) is 3. The zero-order valence-corrected chi connectivity index (χ0v) is 10.4. The summed E-state index contributed by atoms with van der Waals surface area (Å²) in [6, 6.07) is 9.37. The Bertz CT molecular complexity index is 688. The molecule has 1 aliphatic heterocycles. The van der Waals surface area contributed by atoms with E-state index in [1.165, 1.54) is 7.11 Å². The topological polar surface area (TPSA) is 44.8 Å². The predicted octanol–water partition coefficient (Wildman–Crippen LogP) is 2.91. The van der Waals surface area contributed by atoms with Crippen LogP contribution in [-0.2, 0) is 4.74 Å². The fraction of sp³-hybridized carbons (Fsp3) is 0.133. The molecule has 0 aromatic heterocycles. The molecular formula is C15H12O4. The summed E-state index contributed by atoms with van der Waals surface area (Å²) < 4.78 is 16.0. The summed E-state index contributed by atoms with van der Waals surface area (Å²) in [5, 5.41) is 1.77. The molecule has 19 heavy (non-hydrogen) atoms. The van der Waals surface area contributed by atoms with E-state index >= 15 is 0 Å². The molecule has 0 bridgehead atoms. The van der Waals surface area contributed by atoms with Crippen LogP contribution < -0.4 is 9.47 Å².